The van der Waals surface area contributed by atoms with Gasteiger partial charge in [-0.2, -0.15) is 0 Å². The Morgan fingerprint density at radius 3 is 2.38 bits per heavy atom. The van der Waals surface area contributed by atoms with Crippen molar-refractivity contribution in [2.24, 2.45) is 11.8 Å². The average molecular weight is 296 g/mol. The fraction of sp³-hybridized carbons (Fsp3) is 0.889. The van der Waals surface area contributed by atoms with Crippen LogP contribution in [0.2, 0.25) is 0 Å². The second-order valence-electron chi connectivity index (χ2n) is 6.51. The van der Waals surface area contributed by atoms with E-state index in [9.17, 15) is 9.59 Å². The lowest BCUT2D eigenvalue weighted by Gasteiger charge is -2.21. The fourth-order valence-electron chi connectivity index (χ4n) is 3.36. The Bertz CT molecular complexity index is 306. The Morgan fingerprint density at radius 2 is 1.76 bits per heavy atom. The van der Waals surface area contributed by atoms with Gasteiger partial charge in [-0.15, -0.1) is 0 Å². The second kappa shape index (κ2) is 10.9. The van der Waals surface area contributed by atoms with Crippen molar-refractivity contribution in [3.63, 3.8) is 0 Å². The van der Waals surface area contributed by atoms with Crippen molar-refractivity contribution in [2.45, 2.75) is 84.0 Å². The van der Waals surface area contributed by atoms with Crippen molar-refractivity contribution < 1.29 is 14.7 Å². The summed E-state index contributed by atoms with van der Waals surface area (Å²) in [5.74, 6) is 0.394. The molecule has 0 aliphatic heterocycles. The number of carbonyl (C=O) groups excluding carboxylic acids is 2. The van der Waals surface area contributed by atoms with E-state index in [1.807, 2.05) is 0 Å². The van der Waals surface area contributed by atoms with Crippen LogP contribution in [0, 0.1) is 11.8 Å². The summed E-state index contributed by atoms with van der Waals surface area (Å²) in [7, 11) is 0. The van der Waals surface area contributed by atoms with Crippen molar-refractivity contribution in [2.75, 3.05) is 6.61 Å². The fourth-order valence-corrected chi connectivity index (χ4v) is 3.36. The van der Waals surface area contributed by atoms with Crippen molar-refractivity contribution in [1.29, 1.82) is 0 Å². The molecule has 3 heteroatoms. The highest BCUT2D eigenvalue weighted by Crippen LogP contribution is 2.27. The van der Waals surface area contributed by atoms with Crippen LogP contribution in [0.15, 0.2) is 0 Å². The first-order valence-electron chi connectivity index (χ1n) is 8.85. The predicted molar refractivity (Wildman–Crippen MR) is 85.2 cm³/mol. The van der Waals surface area contributed by atoms with Crippen LogP contribution in [-0.4, -0.2) is 23.3 Å². The second-order valence-corrected chi connectivity index (χ2v) is 6.51. The minimum absolute atomic E-state index is 0.0806. The standard InChI is InChI=1S/C18H32O3/c1-2-3-4-6-11-16(18(21)14-19)12-13-17(20)15-9-7-5-8-10-15/h15-16,19H,2-14H2,1H3. The molecule has 1 unspecified atom stereocenters. The zero-order valence-corrected chi connectivity index (χ0v) is 13.6. The molecule has 122 valence electrons. The molecule has 3 nitrogen and oxygen atoms in total. The van der Waals surface area contributed by atoms with Gasteiger partial charge in [0.1, 0.15) is 12.4 Å². The van der Waals surface area contributed by atoms with Crippen LogP contribution in [0.25, 0.3) is 0 Å². The van der Waals surface area contributed by atoms with Gasteiger partial charge in [0, 0.05) is 18.3 Å². The summed E-state index contributed by atoms with van der Waals surface area (Å²) < 4.78 is 0. The minimum Gasteiger partial charge on any atom is -0.389 e. The van der Waals surface area contributed by atoms with Crippen molar-refractivity contribution in [3.8, 4) is 0 Å². The van der Waals surface area contributed by atoms with Gasteiger partial charge in [-0.1, -0.05) is 51.9 Å². The number of aliphatic hydroxyl groups is 1. The summed E-state index contributed by atoms with van der Waals surface area (Å²) in [5.41, 5.74) is 0. The van der Waals surface area contributed by atoms with E-state index in [0.717, 1.165) is 32.1 Å². The molecule has 0 amide bonds. The van der Waals surface area contributed by atoms with Gasteiger partial charge in [0.2, 0.25) is 0 Å². The van der Waals surface area contributed by atoms with E-state index >= 15 is 0 Å². The highest BCUT2D eigenvalue weighted by Gasteiger charge is 2.23. The molecule has 0 radical (unpaired) electrons. The molecular formula is C18H32O3. The number of rotatable bonds is 11. The Kier molecular flexibility index (Phi) is 9.56. The predicted octanol–water partition coefficient (Wildman–Crippen LogP) is 4.06. The third-order valence-corrected chi connectivity index (χ3v) is 4.82. The minimum atomic E-state index is -0.379. The first-order chi connectivity index (χ1) is 10.2. The zero-order valence-electron chi connectivity index (χ0n) is 13.6. The third kappa shape index (κ3) is 7.21. The molecule has 0 aromatic rings. The maximum absolute atomic E-state index is 12.2. The van der Waals surface area contributed by atoms with Crippen LogP contribution in [0.5, 0.6) is 0 Å². The molecule has 0 saturated heterocycles. The molecular weight excluding hydrogens is 264 g/mol. The number of carbonyl (C=O) groups is 2. The van der Waals surface area contributed by atoms with Crippen molar-refractivity contribution in [1.82, 2.24) is 0 Å². The maximum Gasteiger partial charge on any atom is 0.161 e. The Balaban J connectivity index is 2.33. The molecule has 0 spiro atoms. The lowest BCUT2D eigenvalue weighted by atomic mass is 9.83. The van der Waals surface area contributed by atoms with Crippen LogP contribution in [0.1, 0.15) is 84.0 Å². The molecule has 1 N–H and O–H groups in total. The molecule has 0 aromatic heterocycles. The van der Waals surface area contributed by atoms with Gasteiger partial charge >= 0.3 is 0 Å². The molecule has 1 fully saturated rings. The van der Waals surface area contributed by atoms with E-state index in [1.165, 1.54) is 32.1 Å². The number of hydrogen-bond donors (Lipinski definition) is 1. The van der Waals surface area contributed by atoms with E-state index in [-0.39, 0.29) is 24.2 Å². The van der Waals surface area contributed by atoms with Crippen LogP contribution < -0.4 is 0 Å². The largest absolute Gasteiger partial charge is 0.389 e. The number of aliphatic hydroxyl groups excluding tert-OH is 1. The number of ketones is 2. The van der Waals surface area contributed by atoms with Gasteiger partial charge in [-0.3, -0.25) is 9.59 Å². The molecule has 0 bridgehead atoms. The summed E-state index contributed by atoms with van der Waals surface area (Å²) >= 11 is 0. The van der Waals surface area contributed by atoms with Gasteiger partial charge < -0.3 is 5.11 Å². The average Bonchev–Trinajstić information content (AvgIpc) is 2.54. The smallest absolute Gasteiger partial charge is 0.161 e. The van der Waals surface area contributed by atoms with Gasteiger partial charge in [0.25, 0.3) is 0 Å². The normalized spacial score (nSPS) is 17.6. The number of unbranched alkanes of at least 4 members (excludes halogenated alkanes) is 3. The molecule has 21 heavy (non-hydrogen) atoms. The molecule has 1 aliphatic rings. The topological polar surface area (TPSA) is 54.4 Å². The molecule has 1 aliphatic carbocycles. The quantitative estimate of drug-likeness (QED) is 0.585. The van der Waals surface area contributed by atoms with E-state index in [1.54, 1.807) is 0 Å². The summed E-state index contributed by atoms with van der Waals surface area (Å²) in [6.45, 7) is 1.79. The molecule has 1 atom stereocenters. The summed E-state index contributed by atoms with van der Waals surface area (Å²) in [4.78, 5) is 24.0. The van der Waals surface area contributed by atoms with Gasteiger partial charge in [0.05, 0.1) is 0 Å². The van der Waals surface area contributed by atoms with E-state index in [0.29, 0.717) is 18.6 Å². The monoisotopic (exact) mass is 296 g/mol. The lowest BCUT2D eigenvalue weighted by molar-refractivity contribution is -0.127. The van der Waals surface area contributed by atoms with Gasteiger partial charge in [0.15, 0.2) is 5.78 Å². The van der Waals surface area contributed by atoms with Crippen molar-refractivity contribution in [3.05, 3.63) is 0 Å². The third-order valence-electron chi connectivity index (χ3n) is 4.82. The van der Waals surface area contributed by atoms with Crippen LogP contribution >= 0.6 is 0 Å². The number of hydrogen-bond acceptors (Lipinski definition) is 3. The number of Topliss-reactive ketones (excluding diaryl/α,β-unsaturated/α-hetero) is 2. The van der Waals surface area contributed by atoms with Crippen LogP contribution in [0.3, 0.4) is 0 Å². The lowest BCUT2D eigenvalue weighted by Crippen LogP contribution is -2.22. The van der Waals surface area contributed by atoms with E-state index < -0.39 is 0 Å². The summed E-state index contributed by atoms with van der Waals surface area (Å²) in [6.07, 6.45) is 12.2. The molecule has 1 saturated carbocycles. The SMILES string of the molecule is CCCCCCC(CCC(=O)C1CCCCC1)C(=O)CO. The highest BCUT2D eigenvalue weighted by atomic mass is 16.3. The Labute approximate surface area is 129 Å². The first-order valence-corrected chi connectivity index (χ1v) is 8.85. The van der Waals surface area contributed by atoms with Crippen LogP contribution in [0.4, 0.5) is 0 Å². The van der Waals surface area contributed by atoms with Gasteiger partial charge in [-0.25, -0.2) is 0 Å². The zero-order chi connectivity index (χ0) is 15.5. The first kappa shape index (κ1) is 18.3. The van der Waals surface area contributed by atoms with Crippen LogP contribution in [-0.2, 0) is 9.59 Å². The maximum atomic E-state index is 12.2. The van der Waals surface area contributed by atoms with E-state index in [2.05, 4.69) is 6.92 Å². The Hall–Kier alpha value is -0.700. The summed E-state index contributed by atoms with van der Waals surface area (Å²) in [6, 6.07) is 0. The molecule has 1 rings (SSSR count). The van der Waals surface area contributed by atoms with E-state index in [4.69, 9.17) is 5.11 Å². The summed E-state index contributed by atoms with van der Waals surface area (Å²) in [5, 5.41) is 9.09. The Morgan fingerprint density at radius 1 is 1.05 bits per heavy atom. The van der Waals surface area contributed by atoms with Crippen molar-refractivity contribution >= 4 is 11.6 Å². The molecule has 0 heterocycles. The highest BCUT2D eigenvalue weighted by molar-refractivity contribution is 5.84. The van der Waals surface area contributed by atoms with Gasteiger partial charge in [-0.05, 0) is 25.7 Å². The molecule has 0 aromatic carbocycles.